The number of hydrogen-bond acceptors (Lipinski definition) is 3. The first-order valence-corrected chi connectivity index (χ1v) is 7.93. The van der Waals surface area contributed by atoms with Gasteiger partial charge in [-0.1, -0.05) is 6.07 Å². The van der Waals surface area contributed by atoms with Crippen LogP contribution in [0.2, 0.25) is 0 Å². The molecule has 0 aliphatic carbocycles. The van der Waals surface area contributed by atoms with Crippen molar-refractivity contribution in [2.75, 3.05) is 6.54 Å². The van der Waals surface area contributed by atoms with Gasteiger partial charge in [0.05, 0.1) is 0 Å². The number of benzene rings is 1. The third-order valence-electron chi connectivity index (χ3n) is 3.97. The minimum atomic E-state index is -0.286. The van der Waals surface area contributed by atoms with Crippen molar-refractivity contribution in [3.8, 4) is 5.75 Å². The summed E-state index contributed by atoms with van der Waals surface area (Å²) in [5.41, 5.74) is 2.20. The first-order valence-electron chi connectivity index (χ1n) is 7.93. The van der Waals surface area contributed by atoms with Crippen LogP contribution >= 0.6 is 12.4 Å². The topological polar surface area (TPSA) is 45.3 Å². The van der Waals surface area contributed by atoms with E-state index in [2.05, 4.69) is 37.6 Å². The maximum Gasteiger partial charge on any atom is 0.308 e. The summed E-state index contributed by atoms with van der Waals surface area (Å²) in [6.45, 7) is 11.3. The Balaban J connectivity index is 0.00000264. The second-order valence-electron chi connectivity index (χ2n) is 6.26. The lowest BCUT2D eigenvalue weighted by molar-refractivity contribution is -0.131. The van der Waals surface area contributed by atoms with Gasteiger partial charge in [-0.15, -0.1) is 12.4 Å². The summed E-state index contributed by atoms with van der Waals surface area (Å²) in [4.78, 5) is 17.0. The number of aromatic amines is 1. The quantitative estimate of drug-likeness (QED) is 0.635. The van der Waals surface area contributed by atoms with Gasteiger partial charge < -0.3 is 9.72 Å². The lowest BCUT2D eigenvalue weighted by Crippen LogP contribution is -2.38. The molecule has 0 unspecified atom stereocenters. The summed E-state index contributed by atoms with van der Waals surface area (Å²) in [7, 11) is 0. The highest BCUT2D eigenvalue weighted by atomic mass is 35.5. The normalized spacial score (nSPS) is 11.3. The number of aromatic nitrogens is 1. The van der Waals surface area contributed by atoms with Crippen LogP contribution in [-0.4, -0.2) is 34.5 Å². The first-order chi connectivity index (χ1) is 10.4. The van der Waals surface area contributed by atoms with Gasteiger partial charge >= 0.3 is 5.97 Å². The smallest absolute Gasteiger partial charge is 0.308 e. The minimum absolute atomic E-state index is 0. The van der Waals surface area contributed by atoms with Gasteiger partial charge in [-0.3, -0.25) is 9.69 Å². The number of H-pyrrole nitrogens is 1. The number of nitrogens with one attached hydrogen (secondary N) is 1. The molecule has 5 heteroatoms. The summed E-state index contributed by atoms with van der Waals surface area (Å²) in [5, 5.41) is 1.02. The molecular weight excluding hydrogens is 312 g/mol. The van der Waals surface area contributed by atoms with Crippen LogP contribution in [0.3, 0.4) is 0 Å². The van der Waals surface area contributed by atoms with Crippen molar-refractivity contribution in [3.05, 3.63) is 30.0 Å². The molecule has 0 spiro atoms. The van der Waals surface area contributed by atoms with Crippen LogP contribution in [-0.2, 0) is 11.2 Å². The number of hydrogen-bond donors (Lipinski definition) is 1. The van der Waals surface area contributed by atoms with Crippen molar-refractivity contribution < 1.29 is 9.53 Å². The van der Waals surface area contributed by atoms with E-state index in [1.54, 1.807) is 0 Å². The van der Waals surface area contributed by atoms with E-state index in [0.717, 1.165) is 23.9 Å². The molecule has 0 atom stereocenters. The highest BCUT2D eigenvalue weighted by Crippen LogP contribution is 2.29. The second-order valence-corrected chi connectivity index (χ2v) is 6.26. The standard InChI is InChI=1S/C18H26N2O2.ClH/c1-12(2)20(13(3)4)10-9-15-11-19-16-7-6-8-17(18(15)16)22-14(5)21;/h6-8,11-13,19H,9-10H2,1-5H3;1H. The van der Waals surface area contributed by atoms with Gasteiger partial charge in [0, 0.05) is 42.7 Å². The van der Waals surface area contributed by atoms with E-state index >= 15 is 0 Å². The molecule has 1 aromatic heterocycles. The zero-order chi connectivity index (χ0) is 16.3. The molecule has 1 N–H and O–H groups in total. The zero-order valence-electron chi connectivity index (χ0n) is 14.6. The average molecular weight is 339 g/mol. The Kier molecular flexibility index (Phi) is 7.10. The molecule has 128 valence electrons. The van der Waals surface area contributed by atoms with Gasteiger partial charge in [0.2, 0.25) is 0 Å². The summed E-state index contributed by atoms with van der Waals surface area (Å²) in [6.07, 6.45) is 2.95. The lowest BCUT2D eigenvalue weighted by atomic mass is 10.1. The summed E-state index contributed by atoms with van der Waals surface area (Å²) in [6, 6.07) is 6.78. The van der Waals surface area contributed by atoms with Crippen molar-refractivity contribution in [2.45, 2.75) is 53.1 Å². The summed E-state index contributed by atoms with van der Waals surface area (Å²) >= 11 is 0. The SMILES string of the molecule is CC(=O)Oc1cccc2[nH]cc(CCN(C(C)C)C(C)C)c12.Cl. The summed E-state index contributed by atoms with van der Waals surface area (Å²) in [5.74, 6) is 0.354. The molecule has 0 fully saturated rings. The van der Waals surface area contributed by atoms with E-state index in [0.29, 0.717) is 17.8 Å². The molecule has 1 heterocycles. The van der Waals surface area contributed by atoms with Crippen LogP contribution in [0.5, 0.6) is 5.75 Å². The number of halogens is 1. The van der Waals surface area contributed by atoms with Crippen LogP contribution in [0.15, 0.2) is 24.4 Å². The predicted octanol–water partition coefficient (Wildman–Crippen LogP) is 4.18. The van der Waals surface area contributed by atoms with E-state index in [4.69, 9.17) is 4.74 Å². The molecule has 0 aliphatic rings. The number of esters is 1. The van der Waals surface area contributed by atoms with E-state index in [1.807, 2.05) is 24.4 Å². The molecule has 0 bridgehead atoms. The van der Waals surface area contributed by atoms with Crippen molar-refractivity contribution in [2.24, 2.45) is 0 Å². The van der Waals surface area contributed by atoms with Gasteiger partial charge in [-0.25, -0.2) is 0 Å². The lowest BCUT2D eigenvalue weighted by Gasteiger charge is -2.30. The van der Waals surface area contributed by atoms with Gasteiger partial charge in [-0.2, -0.15) is 0 Å². The molecule has 0 saturated heterocycles. The Bertz CT molecular complexity index is 642. The Hall–Kier alpha value is -1.52. The molecule has 4 nitrogen and oxygen atoms in total. The van der Waals surface area contributed by atoms with Gasteiger partial charge in [-0.05, 0) is 51.8 Å². The van der Waals surface area contributed by atoms with Gasteiger partial charge in [0.1, 0.15) is 5.75 Å². The van der Waals surface area contributed by atoms with E-state index in [1.165, 1.54) is 12.5 Å². The van der Waals surface area contributed by atoms with Gasteiger partial charge in [0.25, 0.3) is 0 Å². The van der Waals surface area contributed by atoms with Crippen LogP contribution < -0.4 is 4.74 Å². The maximum absolute atomic E-state index is 11.3. The maximum atomic E-state index is 11.3. The highest BCUT2D eigenvalue weighted by molar-refractivity contribution is 5.91. The van der Waals surface area contributed by atoms with Crippen LogP contribution in [0.4, 0.5) is 0 Å². The molecule has 2 aromatic rings. The monoisotopic (exact) mass is 338 g/mol. The number of rotatable bonds is 6. The van der Waals surface area contributed by atoms with Crippen molar-refractivity contribution in [3.63, 3.8) is 0 Å². The van der Waals surface area contributed by atoms with Crippen LogP contribution in [0, 0.1) is 0 Å². The minimum Gasteiger partial charge on any atom is -0.426 e. The fourth-order valence-corrected chi connectivity index (χ4v) is 3.02. The molecule has 0 saturated carbocycles. The largest absolute Gasteiger partial charge is 0.426 e. The second kappa shape index (κ2) is 8.37. The summed E-state index contributed by atoms with van der Waals surface area (Å²) < 4.78 is 5.36. The molecule has 0 aliphatic heterocycles. The van der Waals surface area contributed by atoms with E-state index in [9.17, 15) is 4.79 Å². The Morgan fingerprint density at radius 3 is 2.43 bits per heavy atom. The molecule has 0 radical (unpaired) electrons. The van der Waals surface area contributed by atoms with Crippen LogP contribution in [0.25, 0.3) is 10.9 Å². The van der Waals surface area contributed by atoms with Crippen molar-refractivity contribution in [1.82, 2.24) is 9.88 Å². The number of ether oxygens (including phenoxy) is 1. The third-order valence-corrected chi connectivity index (χ3v) is 3.97. The fraction of sp³-hybridized carbons (Fsp3) is 0.500. The molecular formula is C18H27ClN2O2. The molecule has 1 aromatic carbocycles. The number of nitrogens with zero attached hydrogens (tertiary/aromatic N) is 1. The first kappa shape index (κ1) is 19.5. The van der Waals surface area contributed by atoms with Crippen LogP contribution in [0.1, 0.15) is 40.2 Å². The van der Waals surface area contributed by atoms with E-state index in [-0.39, 0.29) is 18.4 Å². The predicted molar refractivity (Wildman–Crippen MR) is 97.5 cm³/mol. The fourth-order valence-electron chi connectivity index (χ4n) is 3.02. The average Bonchev–Trinajstić information content (AvgIpc) is 2.82. The zero-order valence-corrected chi connectivity index (χ0v) is 15.4. The number of carbonyl (C=O) groups excluding carboxylic acids is 1. The Morgan fingerprint density at radius 1 is 1.22 bits per heavy atom. The van der Waals surface area contributed by atoms with E-state index < -0.39 is 0 Å². The Morgan fingerprint density at radius 2 is 1.87 bits per heavy atom. The molecule has 2 rings (SSSR count). The molecule has 23 heavy (non-hydrogen) atoms. The van der Waals surface area contributed by atoms with Gasteiger partial charge in [0.15, 0.2) is 0 Å². The third kappa shape index (κ3) is 4.72. The number of fused-ring (bicyclic) bond motifs is 1. The van der Waals surface area contributed by atoms with Crippen molar-refractivity contribution in [1.29, 1.82) is 0 Å². The highest BCUT2D eigenvalue weighted by Gasteiger charge is 2.16. The number of carbonyl (C=O) groups is 1. The Labute approximate surface area is 144 Å². The van der Waals surface area contributed by atoms with Crippen molar-refractivity contribution >= 4 is 29.3 Å². The molecule has 0 amide bonds.